The average Bonchev–Trinajstić information content (AvgIpc) is 2.28. The third kappa shape index (κ3) is 4.70. The first-order valence-electron chi connectivity index (χ1n) is 7.01. The van der Waals surface area contributed by atoms with Gasteiger partial charge in [0.25, 0.3) is 0 Å². The summed E-state index contributed by atoms with van der Waals surface area (Å²) in [7, 11) is -1.39. The Kier molecular flexibility index (Phi) is 5.07. The molecule has 0 aliphatic carbocycles. The van der Waals surface area contributed by atoms with Crippen LogP contribution in [0, 0.1) is 11.5 Å². The van der Waals surface area contributed by atoms with Gasteiger partial charge in [-0.25, -0.2) is 0 Å². The SMILES string of the molecule is CC(C)(C)c1cc(CO)c(O)c(CC#C[Si](C)(C)C)c1. The molecule has 1 aromatic carbocycles. The van der Waals surface area contributed by atoms with Crippen LogP contribution in [0.1, 0.15) is 37.5 Å². The third-order valence-corrected chi connectivity index (χ3v) is 3.97. The van der Waals surface area contributed by atoms with Gasteiger partial charge < -0.3 is 10.2 Å². The Bertz CT molecular complexity index is 537. The number of benzene rings is 1. The molecule has 0 unspecified atom stereocenters. The van der Waals surface area contributed by atoms with E-state index in [9.17, 15) is 10.2 Å². The number of aliphatic hydroxyl groups is 1. The molecule has 0 fully saturated rings. The van der Waals surface area contributed by atoms with E-state index in [0.717, 1.165) is 11.1 Å². The first kappa shape index (κ1) is 16.8. The molecule has 3 heteroatoms. The summed E-state index contributed by atoms with van der Waals surface area (Å²) in [6.45, 7) is 12.8. The van der Waals surface area contributed by atoms with Gasteiger partial charge in [0.2, 0.25) is 0 Å². The lowest BCUT2D eigenvalue weighted by molar-refractivity contribution is 0.275. The maximum Gasteiger partial charge on any atom is 0.129 e. The second-order valence-electron chi connectivity index (χ2n) is 7.28. The zero-order valence-electron chi connectivity index (χ0n) is 13.5. The molecular weight excluding hydrogens is 264 g/mol. The predicted octanol–water partition coefficient (Wildman–Crippen LogP) is 3.61. The van der Waals surface area contributed by atoms with Crippen molar-refractivity contribution in [2.45, 2.75) is 58.9 Å². The summed E-state index contributed by atoms with van der Waals surface area (Å²) in [5.41, 5.74) is 5.81. The van der Waals surface area contributed by atoms with Gasteiger partial charge >= 0.3 is 0 Å². The Hall–Kier alpha value is -1.24. The van der Waals surface area contributed by atoms with E-state index >= 15 is 0 Å². The molecule has 0 spiro atoms. The highest BCUT2D eigenvalue weighted by Gasteiger charge is 2.18. The van der Waals surface area contributed by atoms with Crippen LogP contribution < -0.4 is 0 Å². The van der Waals surface area contributed by atoms with E-state index in [1.807, 2.05) is 12.1 Å². The number of phenols is 1. The molecule has 1 aromatic rings. The molecule has 0 radical (unpaired) electrons. The lowest BCUT2D eigenvalue weighted by Crippen LogP contribution is -2.16. The maximum atomic E-state index is 10.2. The van der Waals surface area contributed by atoms with Gasteiger partial charge in [0.15, 0.2) is 0 Å². The van der Waals surface area contributed by atoms with Crippen molar-refractivity contribution in [3.8, 4) is 17.2 Å². The standard InChI is InChI=1S/C17H26O2Si/c1-17(2,3)15-10-13(8-7-9-20(4,5)6)16(19)14(11-15)12-18/h10-11,18-19H,8,12H2,1-6H3. The molecule has 0 bridgehead atoms. The molecular formula is C17H26O2Si. The van der Waals surface area contributed by atoms with Crippen LogP contribution in [-0.2, 0) is 18.4 Å². The molecule has 0 heterocycles. The first-order valence-corrected chi connectivity index (χ1v) is 10.5. The summed E-state index contributed by atoms with van der Waals surface area (Å²) in [5.74, 6) is 3.37. The van der Waals surface area contributed by atoms with Crippen LogP contribution in [0.3, 0.4) is 0 Å². The fourth-order valence-electron chi connectivity index (χ4n) is 1.85. The minimum Gasteiger partial charge on any atom is -0.507 e. The topological polar surface area (TPSA) is 40.5 Å². The van der Waals surface area contributed by atoms with E-state index < -0.39 is 8.07 Å². The van der Waals surface area contributed by atoms with Crippen molar-refractivity contribution >= 4 is 8.07 Å². The van der Waals surface area contributed by atoms with Crippen molar-refractivity contribution < 1.29 is 10.2 Å². The van der Waals surface area contributed by atoms with Crippen LogP contribution in [0.4, 0.5) is 0 Å². The molecule has 1 rings (SSSR count). The number of rotatable bonds is 2. The molecule has 2 N–H and O–H groups in total. The molecule has 0 aliphatic rings. The van der Waals surface area contributed by atoms with E-state index in [4.69, 9.17) is 0 Å². The van der Waals surface area contributed by atoms with Crippen molar-refractivity contribution in [3.05, 3.63) is 28.8 Å². The highest BCUT2D eigenvalue weighted by molar-refractivity contribution is 6.83. The second-order valence-corrected chi connectivity index (χ2v) is 12.0. The lowest BCUT2D eigenvalue weighted by Gasteiger charge is -2.21. The smallest absolute Gasteiger partial charge is 0.129 e. The van der Waals surface area contributed by atoms with Gasteiger partial charge in [-0.15, -0.1) is 11.5 Å². The van der Waals surface area contributed by atoms with E-state index in [0.29, 0.717) is 12.0 Å². The van der Waals surface area contributed by atoms with Gasteiger partial charge in [-0.1, -0.05) is 46.5 Å². The van der Waals surface area contributed by atoms with Crippen LogP contribution in [0.15, 0.2) is 12.1 Å². The molecule has 0 amide bonds. The van der Waals surface area contributed by atoms with Gasteiger partial charge in [-0.05, 0) is 17.0 Å². The van der Waals surface area contributed by atoms with Gasteiger partial charge in [-0.2, -0.15) is 0 Å². The van der Waals surface area contributed by atoms with Gasteiger partial charge in [0.1, 0.15) is 13.8 Å². The van der Waals surface area contributed by atoms with E-state index in [2.05, 4.69) is 51.9 Å². The number of aromatic hydroxyl groups is 1. The number of hydrogen-bond donors (Lipinski definition) is 2. The van der Waals surface area contributed by atoms with E-state index in [1.165, 1.54) is 0 Å². The predicted molar refractivity (Wildman–Crippen MR) is 87.6 cm³/mol. The van der Waals surface area contributed by atoms with Crippen molar-refractivity contribution in [3.63, 3.8) is 0 Å². The van der Waals surface area contributed by atoms with Crippen LogP contribution >= 0.6 is 0 Å². The summed E-state index contributed by atoms with van der Waals surface area (Å²) in [4.78, 5) is 0. The molecule has 0 aromatic heterocycles. The molecule has 0 atom stereocenters. The van der Waals surface area contributed by atoms with Gasteiger partial charge in [0.05, 0.1) is 6.61 Å². The van der Waals surface area contributed by atoms with Crippen LogP contribution in [-0.4, -0.2) is 18.3 Å². The summed E-state index contributed by atoms with van der Waals surface area (Å²) in [5, 5.41) is 19.6. The molecule has 0 saturated heterocycles. The summed E-state index contributed by atoms with van der Waals surface area (Å²) < 4.78 is 0. The van der Waals surface area contributed by atoms with Crippen LogP contribution in [0.5, 0.6) is 5.75 Å². The number of hydrogen-bond acceptors (Lipinski definition) is 2. The zero-order chi connectivity index (χ0) is 15.6. The highest BCUT2D eigenvalue weighted by atomic mass is 28.3. The van der Waals surface area contributed by atoms with E-state index in [1.54, 1.807) is 0 Å². The Balaban J connectivity index is 3.21. The summed E-state index contributed by atoms with van der Waals surface area (Å²) in [6, 6.07) is 3.89. The average molecular weight is 290 g/mol. The zero-order valence-corrected chi connectivity index (χ0v) is 14.5. The Labute approximate surface area is 123 Å². The van der Waals surface area contributed by atoms with Crippen LogP contribution in [0.2, 0.25) is 19.6 Å². The minimum atomic E-state index is -1.39. The Morgan fingerprint density at radius 2 is 1.65 bits per heavy atom. The number of aliphatic hydroxyl groups excluding tert-OH is 1. The first-order chi connectivity index (χ1) is 9.04. The van der Waals surface area contributed by atoms with Crippen LogP contribution in [0.25, 0.3) is 0 Å². The van der Waals surface area contributed by atoms with E-state index in [-0.39, 0.29) is 17.8 Å². The molecule has 20 heavy (non-hydrogen) atoms. The Morgan fingerprint density at radius 1 is 1.10 bits per heavy atom. The fourth-order valence-corrected chi connectivity index (χ4v) is 2.47. The lowest BCUT2D eigenvalue weighted by atomic mass is 9.84. The molecule has 2 nitrogen and oxygen atoms in total. The second kappa shape index (κ2) is 6.03. The van der Waals surface area contributed by atoms with Crippen molar-refractivity contribution in [1.29, 1.82) is 0 Å². The summed E-state index contributed by atoms with van der Waals surface area (Å²) >= 11 is 0. The largest absolute Gasteiger partial charge is 0.507 e. The highest BCUT2D eigenvalue weighted by Crippen LogP contribution is 2.31. The monoisotopic (exact) mass is 290 g/mol. The quantitative estimate of drug-likeness (QED) is 0.645. The van der Waals surface area contributed by atoms with Gasteiger partial charge in [-0.3, -0.25) is 0 Å². The van der Waals surface area contributed by atoms with Crippen molar-refractivity contribution in [1.82, 2.24) is 0 Å². The van der Waals surface area contributed by atoms with Crippen molar-refractivity contribution in [2.75, 3.05) is 0 Å². The molecule has 0 aliphatic heterocycles. The summed E-state index contributed by atoms with van der Waals surface area (Å²) in [6.07, 6.45) is 0.535. The minimum absolute atomic E-state index is 0.0153. The fraction of sp³-hybridized carbons (Fsp3) is 0.529. The molecule has 110 valence electrons. The van der Waals surface area contributed by atoms with Gasteiger partial charge in [0, 0.05) is 17.5 Å². The normalized spacial score (nSPS) is 11.9. The Morgan fingerprint density at radius 3 is 2.10 bits per heavy atom. The molecule has 0 saturated carbocycles. The maximum absolute atomic E-state index is 10.2. The third-order valence-electron chi connectivity index (χ3n) is 3.05. The van der Waals surface area contributed by atoms with Crippen molar-refractivity contribution in [2.24, 2.45) is 0 Å².